The van der Waals surface area contributed by atoms with Gasteiger partial charge in [0.25, 0.3) is 0 Å². The zero-order valence-corrected chi connectivity index (χ0v) is 56.2. The van der Waals surface area contributed by atoms with E-state index >= 15 is 0 Å². The maximum absolute atomic E-state index is 2.69. The molecule has 20 rings (SSSR count). The first kappa shape index (κ1) is 57.9. The van der Waals surface area contributed by atoms with Gasteiger partial charge in [-0.3, -0.25) is 0 Å². The van der Waals surface area contributed by atoms with E-state index in [-0.39, 0.29) is 28.4 Å². The summed E-state index contributed by atoms with van der Waals surface area (Å²) in [6.07, 6.45) is 0. The van der Waals surface area contributed by atoms with Crippen molar-refractivity contribution in [2.45, 2.75) is 0 Å². The molecule has 16 aromatic rings. The molecular formula is C92H61B2N5Se. The van der Waals surface area contributed by atoms with Gasteiger partial charge in [0.15, 0.2) is 0 Å². The fraction of sp³-hybridized carbons (Fsp3) is 0. The van der Waals surface area contributed by atoms with Gasteiger partial charge in [-0.1, -0.05) is 30.3 Å². The Balaban J connectivity index is 0.886. The van der Waals surface area contributed by atoms with Gasteiger partial charge in [-0.25, -0.2) is 0 Å². The first-order valence-electron chi connectivity index (χ1n) is 34.5. The number of rotatable bonds is 11. The fourth-order valence-electron chi connectivity index (χ4n) is 16.7. The van der Waals surface area contributed by atoms with Gasteiger partial charge in [0.2, 0.25) is 0 Å². The van der Waals surface area contributed by atoms with E-state index in [4.69, 9.17) is 0 Å². The van der Waals surface area contributed by atoms with Gasteiger partial charge in [-0.15, -0.1) is 0 Å². The predicted molar refractivity (Wildman–Crippen MR) is 427 cm³/mol. The van der Waals surface area contributed by atoms with Crippen molar-refractivity contribution in [1.82, 2.24) is 0 Å². The Morgan fingerprint density at radius 3 is 1.06 bits per heavy atom. The third-order valence-electron chi connectivity index (χ3n) is 20.7. The average Bonchev–Trinajstić information content (AvgIpc) is 0.689. The largest absolute Gasteiger partial charge is 0.0617 e. The van der Waals surface area contributed by atoms with E-state index in [1.807, 2.05) is 0 Å². The van der Waals surface area contributed by atoms with Crippen LogP contribution in [-0.4, -0.2) is 28.4 Å². The summed E-state index contributed by atoms with van der Waals surface area (Å²) in [4.78, 5) is 12.6. The van der Waals surface area contributed by atoms with E-state index in [1.165, 1.54) is 103 Å². The second-order valence-electron chi connectivity index (χ2n) is 26.3. The third-order valence-corrected chi connectivity index (χ3v) is 23.1. The van der Waals surface area contributed by atoms with E-state index in [0.29, 0.717) is 0 Å². The Morgan fingerprint density at radius 1 is 0.220 bits per heavy atom. The summed E-state index contributed by atoms with van der Waals surface area (Å²) in [5.41, 5.74) is 29.6. The van der Waals surface area contributed by atoms with Crippen LogP contribution in [0.2, 0.25) is 0 Å². The Hall–Kier alpha value is -12.3. The monoisotopic (exact) mass is 1340 g/mol. The quantitative estimate of drug-likeness (QED) is 0.0945. The van der Waals surface area contributed by atoms with Gasteiger partial charge >= 0.3 is 563 Å². The minimum Gasteiger partial charge on any atom is -0.0617 e. The summed E-state index contributed by atoms with van der Waals surface area (Å²) in [7, 11) is 0. The molecule has 0 amide bonds. The summed E-state index contributed by atoms with van der Waals surface area (Å²) >= 11 is -0.181. The number of hydrogen-bond donors (Lipinski definition) is 0. The van der Waals surface area contributed by atoms with Crippen molar-refractivity contribution < 1.29 is 0 Å². The molecule has 0 radical (unpaired) electrons. The minimum atomic E-state index is -0.181. The van der Waals surface area contributed by atoms with Crippen LogP contribution in [0.15, 0.2) is 370 Å². The molecule has 0 bridgehead atoms. The van der Waals surface area contributed by atoms with Crippen LogP contribution in [0.25, 0.3) is 43.8 Å². The molecule has 0 N–H and O–H groups in total. The van der Waals surface area contributed by atoms with Crippen molar-refractivity contribution in [2.75, 3.05) is 24.5 Å². The second kappa shape index (κ2) is 23.8. The van der Waals surface area contributed by atoms with E-state index in [0.717, 1.165) is 68.1 Å². The molecule has 0 saturated heterocycles. The van der Waals surface area contributed by atoms with Gasteiger partial charge < -0.3 is 0 Å². The van der Waals surface area contributed by atoms with Crippen LogP contribution in [0.1, 0.15) is 0 Å². The molecule has 8 heteroatoms. The van der Waals surface area contributed by atoms with Crippen LogP contribution >= 0.6 is 0 Å². The summed E-state index contributed by atoms with van der Waals surface area (Å²) in [5, 5.41) is 4.90. The van der Waals surface area contributed by atoms with E-state index < -0.39 is 0 Å². The molecule has 4 aliphatic heterocycles. The van der Waals surface area contributed by atoms with Crippen molar-refractivity contribution in [3.05, 3.63) is 370 Å². The molecule has 466 valence electrons. The molecular weight excluding hydrogens is 1280 g/mol. The van der Waals surface area contributed by atoms with Gasteiger partial charge in [0.1, 0.15) is 0 Å². The van der Waals surface area contributed by atoms with Crippen molar-refractivity contribution in [3.63, 3.8) is 0 Å². The SMILES string of the molecule is c1ccc(-c2c3ccccc3c(-c3cccc(N4c5cc6c(cc5B5c7ccccc7N(c7ccccc7)c7cc(N(c8ccccc8)c8ccccc8)cc4c75)B4c5ccccc5N(c5ccccc5)c5cc(N(c7ccccc7)c7ccccc7)cc(c54)[Se]6)c3)c3ccccc23)cc1. The van der Waals surface area contributed by atoms with Gasteiger partial charge in [0.05, 0.1) is 0 Å². The van der Waals surface area contributed by atoms with Crippen LogP contribution in [0.5, 0.6) is 0 Å². The van der Waals surface area contributed by atoms with E-state index in [2.05, 4.69) is 395 Å². The van der Waals surface area contributed by atoms with Crippen molar-refractivity contribution in [3.8, 4) is 22.3 Å². The van der Waals surface area contributed by atoms with E-state index in [1.54, 1.807) is 0 Å². The number of para-hydroxylation sites is 8. The summed E-state index contributed by atoms with van der Waals surface area (Å²) in [6.45, 7) is -0.227. The Labute approximate surface area is 589 Å². The van der Waals surface area contributed by atoms with Gasteiger partial charge in [-0.05, 0) is 0 Å². The molecule has 0 saturated carbocycles. The van der Waals surface area contributed by atoms with Crippen molar-refractivity contribution in [1.29, 1.82) is 0 Å². The molecule has 0 unspecified atom stereocenters. The Morgan fingerprint density at radius 2 is 0.580 bits per heavy atom. The summed E-state index contributed by atoms with van der Waals surface area (Å²) in [5.74, 6) is 0. The first-order chi connectivity index (χ1) is 49.7. The molecule has 0 spiro atoms. The molecule has 16 aromatic carbocycles. The zero-order chi connectivity index (χ0) is 65.8. The Bertz CT molecular complexity index is 5730. The third kappa shape index (κ3) is 9.26. The van der Waals surface area contributed by atoms with Gasteiger partial charge in [0, 0.05) is 0 Å². The van der Waals surface area contributed by atoms with Crippen molar-refractivity contribution >= 4 is 177 Å². The smallest absolute Gasteiger partial charge is 0.0543 e. The average molecular weight is 1340 g/mol. The number of anilines is 15. The van der Waals surface area contributed by atoms with Crippen LogP contribution in [-0.2, 0) is 0 Å². The van der Waals surface area contributed by atoms with Crippen LogP contribution in [0.3, 0.4) is 0 Å². The van der Waals surface area contributed by atoms with Crippen molar-refractivity contribution in [2.24, 2.45) is 0 Å². The van der Waals surface area contributed by atoms with Crippen LogP contribution in [0.4, 0.5) is 85.3 Å². The number of nitrogens with zero attached hydrogens (tertiary/aromatic N) is 5. The number of fused-ring (bicyclic) bond motifs is 10. The maximum atomic E-state index is 2.69. The molecule has 0 atom stereocenters. The molecule has 4 heterocycles. The Kier molecular flexibility index (Phi) is 13.8. The topological polar surface area (TPSA) is 16.2 Å². The molecule has 4 aliphatic rings. The molecule has 5 nitrogen and oxygen atoms in total. The predicted octanol–water partition coefficient (Wildman–Crippen LogP) is 18.6. The van der Waals surface area contributed by atoms with Crippen LogP contribution in [0, 0.1) is 0 Å². The maximum Gasteiger partial charge on any atom is -0.0543 e. The van der Waals surface area contributed by atoms with E-state index in [9.17, 15) is 0 Å². The summed E-state index contributed by atoms with van der Waals surface area (Å²) in [6, 6.07) is 138. The molecule has 0 aliphatic carbocycles. The molecule has 100 heavy (non-hydrogen) atoms. The standard InChI is InChI=1S/C92H61B2N5Se/c1-8-31-62(32-9-1)89-73-47-22-24-49-75(73)90(76-50-25-23-48-74(76)89)63-33-30-46-70(55-63)99-83-61-87-80(94-78-52-27-29-54-82(78)98(69-44-20-7-21-45-69)86-58-72(59-88(100-87)92(86)94)96(66-38-14-4-15-39-66)67-40-16-5-17-41-67)60-79(83)93-77-51-26-28-53-81(77)97(68-42-18-6-19-43-68)84-56-71(57-85(99)91(84)93)95(64-34-10-2-11-35-64)65-36-12-3-13-37-65/h1-61H. The van der Waals surface area contributed by atoms with Gasteiger partial charge in [-0.2, -0.15) is 0 Å². The zero-order valence-electron chi connectivity index (χ0n) is 54.5. The second-order valence-corrected chi connectivity index (χ2v) is 28.5. The molecule has 0 fully saturated rings. The number of hydrogen-bond acceptors (Lipinski definition) is 5. The molecule has 0 aromatic heterocycles. The normalized spacial score (nSPS) is 12.9. The van der Waals surface area contributed by atoms with Crippen LogP contribution < -0.4 is 66.2 Å². The first-order valence-corrected chi connectivity index (χ1v) is 36.2. The number of benzene rings is 16. The summed E-state index contributed by atoms with van der Waals surface area (Å²) < 4.78 is 2.75. The minimum absolute atomic E-state index is 0.0709. The fourth-order valence-corrected chi connectivity index (χ4v) is 19.3.